The summed E-state index contributed by atoms with van der Waals surface area (Å²) in [5.74, 6) is 7.21. The molecule has 0 amide bonds. The number of benzene rings is 1. The lowest BCUT2D eigenvalue weighted by molar-refractivity contribution is -0.643. The average molecular weight is 388 g/mol. The van der Waals surface area contributed by atoms with Gasteiger partial charge in [-0.15, -0.1) is 0 Å². The maximum absolute atomic E-state index is 3.55. The second-order valence-corrected chi connectivity index (χ2v) is 11.0. The van der Waals surface area contributed by atoms with Crippen molar-refractivity contribution in [3.05, 3.63) is 35.9 Å². The van der Waals surface area contributed by atoms with E-state index in [1.165, 1.54) is 37.8 Å². The lowest BCUT2D eigenvalue weighted by Gasteiger charge is -2.29. The molecule has 3 fully saturated rings. The summed E-state index contributed by atoms with van der Waals surface area (Å²) in [5, 5.41) is 2.58. The second kappa shape index (κ2) is 8.47. The zero-order valence-electron chi connectivity index (χ0n) is 17.5. The fraction of sp³-hybridized carbons (Fsp3) is 0.750. The second-order valence-electron chi connectivity index (χ2n) is 10.1. The first-order chi connectivity index (χ1) is 13.1. The standard InChI is InChI=1S/C24H38N2S/c1-17-9-11-20-19(10-12-21-23(22(17)20)24(21,2)3)15-25-16-27-26-14-13-18-7-5-4-6-8-18/h4-8,17,19-23,25-26H,9-16H2,1-3H3/p+1. The number of nitrogens with one attached hydrogen (secondary N) is 1. The van der Waals surface area contributed by atoms with Crippen molar-refractivity contribution >= 4 is 11.9 Å². The van der Waals surface area contributed by atoms with Crippen molar-refractivity contribution in [1.29, 1.82) is 0 Å². The minimum absolute atomic E-state index is 0.648. The van der Waals surface area contributed by atoms with Crippen molar-refractivity contribution in [2.75, 3.05) is 19.0 Å². The van der Waals surface area contributed by atoms with Gasteiger partial charge in [0.1, 0.15) is 5.88 Å². The first-order valence-corrected chi connectivity index (χ1v) is 12.3. The average Bonchev–Trinajstić information content (AvgIpc) is 3.08. The van der Waals surface area contributed by atoms with Gasteiger partial charge in [0.15, 0.2) is 0 Å². The Balaban J connectivity index is 1.17. The van der Waals surface area contributed by atoms with Crippen molar-refractivity contribution in [2.45, 2.75) is 52.9 Å². The third kappa shape index (κ3) is 4.26. The van der Waals surface area contributed by atoms with Gasteiger partial charge < -0.3 is 5.32 Å². The van der Waals surface area contributed by atoms with E-state index in [4.69, 9.17) is 0 Å². The van der Waals surface area contributed by atoms with E-state index in [1.54, 1.807) is 0 Å². The molecule has 27 heavy (non-hydrogen) atoms. The molecule has 6 atom stereocenters. The third-order valence-electron chi connectivity index (χ3n) is 8.25. The zero-order valence-corrected chi connectivity index (χ0v) is 18.3. The number of hydrogen-bond donors (Lipinski definition) is 2. The molecule has 0 spiro atoms. The van der Waals surface area contributed by atoms with Crippen LogP contribution >= 0.6 is 11.9 Å². The Bertz CT molecular complexity index is 602. The molecule has 2 nitrogen and oxygen atoms in total. The Hall–Kier alpha value is -0.510. The molecule has 0 bridgehead atoms. The molecule has 1 aromatic carbocycles. The maximum Gasteiger partial charge on any atom is 0.136 e. The lowest BCUT2D eigenvalue weighted by Crippen LogP contribution is -2.85. The highest BCUT2D eigenvalue weighted by molar-refractivity contribution is 7.97. The number of fused-ring (bicyclic) bond motifs is 3. The van der Waals surface area contributed by atoms with Gasteiger partial charge in [0.05, 0.1) is 6.54 Å². The van der Waals surface area contributed by atoms with Crippen LogP contribution in [0.4, 0.5) is 0 Å². The van der Waals surface area contributed by atoms with Crippen LogP contribution in [0.15, 0.2) is 30.3 Å². The van der Waals surface area contributed by atoms with E-state index in [9.17, 15) is 0 Å². The largest absolute Gasteiger partial charge is 0.336 e. The molecule has 6 unspecified atom stereocenters. The van der Waals surface area contributed by atoms with E-state index in [0.717, 1.165) is 54.3 Å². The monoisotopic (exact) mass is 387 g/mol. The van der Waals surface area contributed by atoms with E-state index < -0.39 is 0 Å². The van der Waals surface area contributed by atoms with Gasteiger partial charge in [-0.05, 0) is 78.2 Å². The summed E-state index contributed by atoms with van der Waals surface area (Å²) in [7, 11) is 0. The minimum Gasteiger partial charge on any atom is -0.336 e. The van der Waals surface area contributed by atoms with Crippen LogP contribution in [0.5, 0.6) is 0 Å². The molecular formula is C24H39N2S+. The molecule has 0 heterocycles. The molecule has 150 valence electrons. The summed E-state index contributed by atoms with van der Waals surface area (Å²) in [6.45, 7) is 10.1. The van der Waals surface area contributed by atoms with Gasteiger partial charge in [0, 0.05) is 12.5 Å². The van der Waals surface area contributed by atoms with E-state index in [0.29, 0.717) is 5.41 Å². The van der Waals surface area contributed by atoms with Crippen molar-refractivity contribution in [1.82, 2.24) is 4.72 Å². The van der Waals surface area contributed by atoms with Crippen LogP contribution in [-0.4, -0.2) is 19.0 Å². The predicted octanol–water partition coefficient (Wildman–Crippen LogP) is 4.33. The molecule has 3 aliphatic rings. The summed E-state index contributed by atoms with van der Waals surface area (Å²) < 4.78 is 3.55. The van der Waals surface area contributed by atoms with E-state index in [2.05, 4.69) is 61.1 Å². The lowest BCUT2D eigenvalue weighted by atomic mass is 9.76. The first kappa shape index (κ1) is 19.8. The maximum atomic E-state index is 3.55. The molecule has 3 N–H and O–H groups in total. The SMILES string of the molecule is CC1CCC2C(C[NH2+]CSNCCc3ccccc3)CCC3C(C12)C3(C)C. The topological polar surface area (TPSA) is 28.6 Å². The Morgan fingerprint density at radius 1 is 1.11 bits per heavy atom. The highest BCUT2D eigenvalue weighted by Crippen LogP contribution is 2.70. The van der Waals surface area contributed by atoms with Crippen molar-refractivity contribution in [3.63, 3.8) is 0 Å². The van der Waals surface area contributed by atoms with Crippen molar-refractivity contribution in [2.24, 2.45) is 40.9 Å². The highest BCUT2D eigenvalue weighted by Gasteiger charge is 2.65. The van der Waals surface area contributed by atoms with Gasteiger partial charge in [-0.2, -0.15) is 0 Å². The summed E-state index contributed by atoms with van der Waals surface area (Å²) >= 11 is 1.90. The van der Waals surface area contributed by atoms with E-state index in [1.807, 2.05) is 11.9 Å². The molecular weight excluding hydrogens is 348 g/mol. The fourth-order valence-electron chi connectivity index (χ4n) is 6.75. The number of rotatable bonds is 8. The van der Waals surface area contributed by atoms with Crippen LogP contribution in [0.25, 0.3) is 0 Å². The van der Waals surface area contributed by atoms with Gasteiger partial charge in [-0.3, -0.25) is 4.72 Å². The van der Waals surface area contributed by atoms with Crippen LogP contribution in [0.2, 0.25) is 0 Å². The first-order valence-electron chi connectivity index (χ1n) is 11.3. The normalized spacial score (nSPS) is 36.7. The van der Waals surface area contributed by atoms with Crippen molar-refractivity contribution in [3.8, 4) is 0 Å². The van der Waals surface area contributed by atoms with Crippen LogP contribution < -0.4 is 10.0 Å². The quantitative estimate of drug-likeness (QED) is 0.395. The summed E-state index contributed by atoms with van der Waals surface area (Å²) in [6, 6.07) is 10.8. The highest BCUT2D eigenvalue weighted by atomic mass is 32.2. The Labute approximate surface area is 170 Å². The summed E-state index contributed by atoms with van der Waals surface area (Å²) in [6.07, 6.45) is 7.10. The Kier molecular flexibility index (Phi) is 6.21. The molecule has 3 heteroatoms. The van der Waals surface area contributed by atoms with Gasteiger partial charge in [0.2, 0.25) is 0 Å². The summed E-state index contributed by atoms with van der Waals surface area (Å²) in [4.78, 5) is 0. The zero-order chi connectivity index (χ0) is 18.9. The number of hydrogen-bond acceptors (Lipinski definition) is 2. The molecule has 1 aromatic rings. The Morgan fingerprint density at radius 3 is 2.74 bits per heavy atom. The third-order valence-corrected chi connectivity index (χ3v) is 9.06. The van der Waals surface area contributed by atoms with Crippen molar-refractivity contribution < 1.29 is 5.32 Å². The van der Waals surface area contributed by atoms with Crippen LogP contribution in [0.1, 0.15) is 52.0 Å². The molecule has 0 aromatic heterocycles. The van der Waals surface area contributed by atoms with Gasteiger partial charge in [0.25, 0.3) is 0 Å². The molecule has 0 saturated heterocycles. The van der Waals surface area contributed by atoms with Crippen LogP contribution in [-0.2, 0) is 6.42 Å². The van der Waals surface area contributed by atoms with E-state index in [-0.39, 0.29) is 0 Å². The fourth-order valence-corrected chi connectivity index (χ4v) is 7.37. The van der Waals surface area contributed by atoms with Gasteiger partial charge in [-0.1, -0.05) is 57.5 Å². The minimum atomic E-state index is 0.648. The smallest absolute Gasteiger partial charge is 0.136 e. The molecule has 0 radical (unpaired) electrons. The van der Waals surface area contributed by atoms with Crippen LogP contribution in [0.3, 0.4) is 0 Å². The summed E-state index contributed by atoms with van der Waals surface area (Å²) in [5.41, 5.74) is 2.07. The molecule has 3 saturated carbocycles. The number of nitrogens with two attached hydrogens (primary N) is 1. The molecule has 4 rings (SSSR count). The predicted molar refractivity (Wildman–Crippen MR) is 116 cm³/mol. The van der Waals surface area contributed by atoms with E-state index >= 15 is 0 Å². The molecule has 0 aliphatic heterocycles. The van der Waals surface area contributed by atoms with Crippen LogP contribution in [0, 0.1) is 40.9 Å². The Morgan fingerprint density at radius 2 is 1.93 bits per heavy atom. The molecule has 3 aliphatic carbocycles. The van der Waals surface area contributed by atoms with Gasteiger partial charge >= 0.3 is 0 Å². The number of quaternary nitrogens is 1. The van der Waals surface area contributed by atoms with Gasteiger partial charge in [-0.25, -0.2) is 0 Å².